The third-order valence-corrected chi connectivity index (χ3v) is 4.86. The summed E-state index contributed by atoms with van der Waals surface area (Å²) in [6.45, 7) is 0.0966. The Bertz CT molecular complexity index is 1180. The SMILES string of the molecule is O=C(COc1cccc(NC(=O)c2ccco2)c1)Nc1ccccc1OCc1cscn1. The molecule has 2 heterocycles. The van der Waals surface area contributed by atoms with Crippen molar-refractivity contribution in [2.75, 3.05) is 17.2 Å². The van der Waals surface area contributed by atoms with Crippen LogP contribution in [-0.2, 0) is 11.4 Å². The highest BCUT2D eigenvalue weighted by Gasteiger charge is 2.11. The topological polar surface area (TPSA) is 103 Å². The molecule has 0 fully saturated rings. The number of benzene rings is 2. The molecule has 0 saturated heterocycles. The van der Waals surface area contributed by atoms with E-state index in [0.717, 1.165) is 5.69 Å². The number of carbonyl (C=O) groups excluding carboxylic acids is 2. The molecule has 4 rings (SSSR count). The van der Waals surface area contributed by atoms with Crippen molar-refractivity contribution in [3.8, 4) is 11.5 Å². The first-order chi connectivity index (χ1) is 15.7. The quantitative estimate of drug-likeness (QED) is 0.388. The number of nitrogens with zero attached hydrogens (tertiary/aromatic N) is 1. The van der Waals surface area contributed by atoms with Crippen LogP contribution in [0.2, 0.25) is 0 Å². The number of amides is 2. The largest absolute Gasteiger partial charge is 0.485 e. The second-order valence-electron chi connectivity index (χ2n) is 6.56. The minimum absolute atomic E-state index is 0.200. The lowest BCUT2D eigenvalue weighted by Gasteiger charge is -2.12. The lowest BCUT2D eigenvalue weighted by molar-refractivity contribution is -0.118. The van der Waals surface area contributed by atoms with Gasteiger partial charge in [-0.25, -0.2) is 4.98 Å². The summed E-state index contributed by atoms with van der Waals surface area (Å²) in [5, 5.41) is 7.40. The van der Waals surface area contributed by atoms with Crippen molar-refractivity contribution >= 4 is 34.5 Å². The van der Waals surface area contributed by atoms with Crippen LogP contribution in [0.15, 0.2) is 82.2 Å². The first-order valence-corrected chi connectivity index (χ1v) is 10.6. The molecule has 0 unspecified atom stereocenters. The molecule has 0 spiro atoms. The maximum atomic E-state index is 12.4. The minimum Gasteiger partial charge on any atom is -0.485 e. The number of para-hydroxylation sites is 2. The molecule has 9 heteroatoms. The van der Waals surface area contributed by atoms with E-state index in [1.165, 1.54) is 17.6 Å². The third kappa shape index (κ3) is 5.73. The zero-order valence-electron chi connectivity index (χ0n) is 16.8. The number of nitrogens with one attached hydrogen (secondary N) is 2. The molecule has 2 aromatic carbocycles. The highest BCUT2D eigenvalue weighted by molar-refractivity contribution is 7.07. The molecule has 32 heavy (non-hydrogen) atoms. The number of ether oxygens (including phenoxy) is 2. The highest BCUT2D eigenvalue weighted by atomic mass is 32.1. The van der Waals surface area contributed by atoms with Crippen LogP contribution < -0.4 is 20.1 Å². The Morgan fingerprint density at radius 1 is 1.00 bits per heavy atom. The fraction of sp³-hybridized carbons (Fsp3) is 0.0870. The van der Waals surface area contributed by atoms with Crippen LogP contribution in [0.25, 0.3) is 0 Å². The first kappa shape index (κ1) is 21.1. The van der Waals surface area contributed by atoms with Gasteiger partial charge in [0, 0.05) is 17.1 Å². The Labute approximate surface area is 187 Å². The van der Waals surface area contributed by atoms with Crippen molar-refractivity contribution < 1.29 is 23.5 Å². The van der Waals surface area contributed by atoms with Crippen LogP contribution in [0.1, 0.15) is 16.2 Å². The van der Waals surface area contributed by atoms with Crippen molar-refractivity contribution in [2.24, 2.45) is 0 Å². The maximum absolute atomic E-state index is 12.4. The summed E-state index contributed by atoms with van der Waals surface area (Å²) in [4.78, 5) is 28.7. The molecule has 2 N–H and O–H groups in total. The van der Waals surface area contributed by atoms with Gasteiger partial charge in [-0.2, -0.15) is 0 Å². The Hall–Kier alpha value is -4.11. The maximum Gasteiger partial charge on any atom is 0.291 e. The normalized spacial score (nSPS) is 10.4. The van der Waals surface area contributed by atoms with Crippen LogP contribution in [-0.4, -0.2) is 23.4 Å². The summed E-state index contributed by atoms with van der Waals surface area (Å²) in [6.07, 6.45) is 1.43. The zero-order chi connectivity index (χ0) is 22.2. The van der Waals surface area contributed by atoms with Gasteiger partial charge in [0.1, 0.15) is 18.1 Å². The summed E-state index contributed by atoms with van der Waals surface area (Å²) in [5.41, 5.74) is 3.61. The summed E-state index contributed by atoms with van der Waals surface area (Å²) in [6, 6.07) is 17.1. The lowest BCUT2D eigenvalue weighted by Crippen LogP contribution is -2.20. The van der Waals surface area contributed by atoms with Gasteiger partial charge >= 0.3 is 0 Å². The number of hydrogen-bond donors (Lipinski definition) is 2. The second-order valence-corrected chi connectivity index (χ2v) is 7.28. The standard InChI is InChI=1S/C23H19N3O5S/c27-22(26-19-7-1-2-8-20(19)31-12-17-14-32-15-24-17)13-30-18-6-3-5-16(11-18)25-23(28)21-9-4-10-29-21/h1-11,14-15H,12-13H2,(H,25,28)(H,26,27). The van der Waals surface area contributed by atoms with Gasteiger partial charge in [0.2, 0.25) is 0 Å². The molecule has 0 bridgehead atoms. The van der Waals surface area contributed by atoms with E-state index in [1.807, 2.05) is 11.4 Å². The van der Waals surface area contributed by atoms with E-state index >= 15 is 0 Å². The van der Waals surface area contributed by atoms with E-state index in [1.54, 1.807) is 60.1 Å². The van der Waals surface area contributed by atoms with Crippen molar-refractivity contribution in [1.82, 2.24) is 4.98 Å². The summed E-state index contributed by atoms with van der Waals surface area (Å²) >= 11 is 1.49. The van der Waals surface area contributed by atoms with Gasteiger partial charge < -0.3 is 24.5 Å². The van der Waals surface area contributed by atoms with Crippen molar-refractivity contribution in [2.45, 2.75) is 6.61 Å². The van der Waals surface area contributed by atoms with Gasteiger partial charge in [0.15, 0.2) is 12.4 Å². The van der Waals surface area contributed by atoms with E-state index in [0.29, 0.717) is 29.5 Å². The molecule has 0 aliphatic rings. The molecule has 0 aliphatic carbocycles. The molecule has 2 amide bonds. The van der Waals surface area contributed by atoms with E-state index < -0.39 is 0 Å². The highest BCUT2D eigenvalue weighted by Crippen LogP contribution is 2.25. The van der Waals surface area contributed by atoms with Crippen LogP contribution in [0.4, 0.5) is 11.4 Å². The lowest BCUT2D eigenvalue weighted by atomic mass is 10.3. The second kappa shape index (κ2) is 10.3. The molecule has 2 aromatic heterocycles. The molecule has 0 atom stereocenters. The Balaban J connectivity index is 1.31. The molecule has 0 saturated carbocycles. The van der Waals surface area contributed by atoms with Gasteiger partial charge in [-0.05, 0) is 36.4 Å². The van der Waals surface area contributed by atoms with E-state index in [-0.39, 0.29) is 24.2 Å². The number of anilines is 2. The van der Waals surface area contributed by atoms with Gasteiger partial charge in [-0.1, -0.05) is 18.2 Å². The van der Waals surface area contributed by atoms with E-state index in [2.05, 4.69) is 15.6 Å². The van der Waals surface area contributed by atoms with Gasteiger partial charge in [0.25, 0.3) is 11.8 Å². The number of aromatic nitrogens is 1. The fourth-order valence-corrected chi connectivity index (χ4v) is 3.30. The minimum atomic E-state index is -0.376. The van der Waals surface area contributed by atoms with E-state index in [9.17, 15) is 9.59 Å². The average molecular weight is 449 g/mol. The summed E-state index contributed by atoms with van der Waals surface area (Å²) < 4.78 is 16.4. The molecular weight excluding hydrogens is 430 g/mol. The molecule has 0 radical (unpaired) electrons. The Morgan fingerprint density at radius 3 is 2.72 bits per heavy atom. The Kier molecular flexibility index (Phi) is 6.78. The van der Waals surface area contributed by atoms with Gasteiger partial charge in [-0.3, -0.25) is 9.59 Å². The van der Waals surface area contributed by atoms with Crippen LogP contribution in [0, 0.1) is 0 Å². The van der Waals surface area contributed by atoms with Gasteiger partial charge in [0.05, 0.1) is 23.2 Å². The van der Waals surface area contributed by atoms with Crippen molar-refractivity contribution in [3.05, 3.63) is 89.3 Å². The zero-order valence-corrected chi connectivity index (χ0v) is 17.6. The first-order valence-electron chi connectivity index (χ1n) is 9.64. The number of rotatable bonds is 9. The fourth-order valence-electron chi connectivity index (χ4n) is 2.76. The molecule has 4 aromatic rings. The van der Waals surface area contributed by atoms with Crippen LogP contribution in [0.3, 0.4) is 0 Å². The summed E-state index contributed by atoms with van der Waals surface area (Å²) in [7, 11) is 0. The van der Waals surface area contributed by atoms with Crippen LogP contribution in [0.5, 0.6) is 11.5 Å². The number of hydrogen-bond acceptors (Lipinski definition) is 7. The Morgan fingerprint density at radius 2 is 1.91 bits per heavy atom. The average Bonchev–Trinajstić information content (AvgIpc) is 3.52. The monoisotopic (exact) mass is 449 g/mol. The van der Waals surface area contributed by atoms with E-state index in [4.69, 9.17) is 13.9 Å². The molecule has 0 aliphatic heterocycles. The van der Waals surface area contributed by atoms with Gasteiger partial charge in [-0.15, -0.1) is 11.3 Å². The number of furan rings is 1. The van der Waals surface area contributed by atoms with Crippen molar-refractivity contribution in [3.63, 3.8) is 0 Å². The smallest absolute Gasteiger partial charge is 0.291 e. The predicted molar refractivity (Wildman–Crippen MR) is 120 cm³/mol. The predicted octanol–water partition coefficient (Wildman–Crippen LogP) is 4.58. The third-order valence-electron chi connectivity index (χ3n) is 4.23. The molecular formula is C23H19N3O5S. The number of carbonyl (C=O) groups is 2. The van der Waals surface area contributed by atoms with Crippen LogP contribution >= 0.6 is 11.3 Å². The number of thiazole rings is 1. The van der Waals surface area contributed by atoms with Crippen molar-refractivity contribution in [1.29, 1.82) is 0 Å². The molecule has 8 nitrogen and oxygen atoms in total. The molecule has 162 valence electrons. The summed E-state index contributed by atoms with van der Waals surface area (Å²) in [5.74, 6) is 0.451.